The van der Waals surface area contributed by atoms with Gasteiger partial charge in [-0.2, -0.15) is 4.31 Å². The SMILES string of the molecule is O=S(=O)(c1cc(Cl)ccc1Cl)N(CCCO)C1CCC1. The number of halogens is 2. The van der Waals surface area contributed by atoms with E-state index in [0.29, 0.717) is 18.0 Å². The Hall–Kier alpha value is -0.330. The highest BCUT2D eigenvalue weighted by molar-refractivity contribution is 7.89. The van der Waals surface area contributed by atoms with E-state index in [9.17, 15) is 8.42 Å². The molecular weight excluding hydrogens is 321 g/mol. The molecule has 1 fully saturated rings. The predicted octanol–water partition coefficient (Wildman–Crippen LogP) is 2.92. The third-order valence-electron chi connectivity index (χ3n) is 3.50. The summed E-state index contributed by atoms with van der Waals surface area (Å²) in [6.07, 6.45) is 3.14. The summed E-state index contributed by atoms with van der Waals surface area (Å²) in [5, 5.41) is 9.46. The van der Waals surface area contributed by atoms with Crippen LogP contribution in [0.3, 0.4) is 0 Å². The van der Waals surface area contributed by atoms with Gasteiger partial charge in [-0.1, -0.05) is 29.6 Å². The molecule has 1 aromatic carbocycles. The fourth-order valence-electron chi connectivity index (χ4n) is 2.20. The number of sulfonamides is 1. The van der Waals surface area contributed by atoms with Gasteiger partial charge >= 0.3 is 0 Å². The summed E-state index contributed by atoms with van der Waals surface area (Å²) >= 11 is 11.9. The molecule has 0 aromatic heterocycles. The van der Waals surface area contributed by atoms with Gasteiger partial charge in [0.25, 0.3) is 0 Å². The van der Waals surface area contributed by atoms with Gasteiger partial charge in [0.15, 0.2) is 0 Å². The number of hydrogen-bond donors (Lipinski definition) is 1. The molecule has 112 valence electrons. The number of aliphatic hydroxyl groups excluding tert-OH is 1. The average molecular weight is 338 g/mol. The molecule has 1 saturated carbocycles. The van der Waals surface area contributed by atoms with Crippen LogP contribution >= 0.6 is 23.2 Å². The smallest absolute Gasteiger partial charge is 0.244 e. The molecule has 20 heavy (non-hydrogen) atoms. The molecule has 0 unspecified atom stereocenters. The van der Waals surface area contributed by atoms with Crippen LogP contribution in [-0.2, 0) is 10.0 Å². The summed E-state index contributed by atoms with van der Waals surface area (Å²) in [6.45, 7) is 0.258. The van der Waals surface area contributed by atoms with Crippen LogP contribution in [-0.4, -0.2) is 37.0 Å². The lowest BCUT2D eigenvalue weighted by molar-refractivity contribution is 0.198. The quantitative estimate of drug-likeness (QED) is 0.868. The third-order valence-corrected chi connectivity index (χ3v) is 6.17. The molecule has 0 aliphatic heterocycles. The Morgan fingerprint density at radius 3 is 2.55 bits per heavy atom. The Bertz CT molecular complexity index is 573. The van der Waals surface area contributed by atoms with Gasteiger partial charge in [0.2, 0.25) is 10.0 Å². The molecule has 0 atom stereocenters. The van der Waals surface area contributed by atoms with E-state index in [1.165, 1.54) is 16.4 Å². The second-order valence-corrected chi connectivity index (χ2v) is 7.55. The molecule has 1 aliphatic carbocycles. The summed E-state index contributed by atoms with van der Waals surface area (Å²) in [5.41, 5.74) is 0. The fraction of sp³-hybridized carbons (Fsp3) is 0.538. The van der Waals surface area contributed by atoms with Crippen molar-refractivity contribution >= 4 is 33.2 Å². The zero-order valence-corrected chi connectivity index (χ0v) is 13.3. The lowest BCUT2D eigenvalue weighted by Crippen LogP contribution is -2.44. The Kier molecular flexibility index (Phi) is 5.31. The molecule has 1 aromatic rings. The molecule has 0 saturated heterocycles. The molecular formula is C13H17Cl2NO3S. The van der Waals surface area contributed by atoms with Crippen molar-refractivity contribution in [1.82, 2.24) is 4.31 Å². The molecule has 0 spiro atoms. The van der Waals surface area contributed by atoms with Crippen molar-refractivity contribution in [1.29, 1.82) is 0 Å². The van der Waals surface area contributed by atoms with Crippen LogP contribution in [0.4, 0.5) is 0 Å². The van der Waals surface area contributed by atoms with E-state index in [-0.39, 0.29) is 22.6 Å². The minimum atomic E-state index is -3.68. The van der Waals surface area contributed by atoms with E-state index in [4.69, 9.17) is 28.3 Å². The van der Waals surface area contributed by atoms with E-state index in [0.717, 1.165) is 19.3 Å². The highest BCUT2D eigenvalue weighted by Crippen LogP contribution is 2.33. The van der Waals surface area contributed by atoms with E-state index in [1.807, 2.05) is 0 Å². The zero-order chi connectivity index (χ0) is 14.8. The Morgan fingerprint density at radius 2 is 2.00 bits per heavy atom. The van der Waals surface area contributed by atoms with Crippen LogP contribution in [0, 0.1) is 0 Å². The van der Waals surface area contributed by atoms with E-state index in [1.54, 1.807) is 6.07 Å². The molecule has 7 heteroatoms. The summed E-state index contributed by atoms with van der Waals surface area (Å²) in [7, 11) is -3.68. The molecule has 0 radical (unpaired) electrons. The number of benzene rings is 1. The van der Waals surface area contributed by atoms with E-state index < -0.39 is 10.0 Å². The number of nitrogens with zero attached hydrogens (tertiary/aromatic N) is 1. The molecule has 0 heterocycles. The van der Waals surface area contributed by atoms with Crippen molar-refractivity contribution < 1.29 is 13.5 Å². The van der Waals surface area contributed by atoms with Gasteiger partial charge in [0.05, 0.1) is 5.02 Å². The number of rotatable bonds is 6. The molecule has 0 amide bonds. The van der Waals surface area contributed by atoms with Crippen molar-refractivity contribution in [3.05, 3.63) is 28.2 Å². The van der Waals surface area contributed by atoms with E-state index in [2.05, 4.69) is 0 Å². The summed E-state index contributed by atoms with van der Waals surface area (Å²) < 4.78 is 26.9. The molecule has 0 bridgehead atoms. The standard InChI is InChI=1S/C13H17Cl2NO3S/c14-10-5-6-12(15)13(9-10)20(18,19)16(7-2-8-17)11-3-1-4-11/h5-6,9,11,17H,1-4,7-8H2. The fourth-order valence-corrected chi connectivity index (χ4v) is 4.66. The van der Waals surface area contributed by atoms with Crippen LogP contribution in [0.1, 0.15) is 25.7 Å². The lowest BCUT2D eigenvalue weighted by atomic mass is 9.93. The van der Waals surface area contributed by atoms with Gasteiger partial charge in [-0.05, 0) is 37.5 Å². The lowest BCUT2D eigenvalue weighted by Gasteiger charge is -2.36. The van der Waals surface area contributed by atoms with Crippen molar-refractivity contribution in [3.8, 4) is 0 Å². The van der Waals surface area contributed by atoms with Gasteiger partial charge < -0.3 is 5.11 Å². The normalized spacial score (nSPS) is 16.4. The second kappa shape index (κ2) is 6.62. The minimum absolute atomic E-state index is 0.00148. The molecule has 2 rings (SSSR count). The minimum Gasteiger partial charge on any atom is -0.396 e. The van der Waals surface area contributed by atoms with Gasteiger partial charge in [-0.15, -0.1) is 0 Å². The number of hydrogen-bond acceptors (Lipinski definition) is 3. The second-order valence-electron chi connectivity index (χ2n) is 4.85. The topological polar surface area (TPSA) is 57.6 Å². The highest BCUT2D eigenvalue weighted by atomic mass is 35.5. The molecule has 1 aliphatic rings. The van der Waals surface area contributed by atoms with Gasteiger partial charge in [-0.25, -0.2) is 8.42 Å². The van der Waals surface area contributed by atoms with E-state index >= 15 is 0 Å². The summed E-state index contributed by atoms with van der Waals surface area (Å²) in [5.74, 6) is 0. The van der Waals surface area contributed by atoms with Crippen LogP contribution < -0.4 is 0 Å². The zero-order valence-electron chi connectivity index (χ0n) is 10.9. The van der Waals surface area contributed by atoms with Crippen molar-refractivity contribution in [3.63, 3.8) is 0 Å². The highest BCUT2D eigenvalue weighted by Gasteiger charge is 2.35. The van der Waals surface area contributed by atoms with Crippen LogP contribution in [0.2, 0.25) is 10.0 Å². The monoisotopic (exact) mass is 337 g/mol. The van der Waals surface area contributed by atoms with Crippen molar-refractivity contribution in [2.24, 2.45) is 0 Å². The van der Waals surface area contributed by atoms with Gasteiger partial charge in [0, 0.05) is 24.2 Å². The average Bonchev–Trinajstić information content (AvgIpc) is 2.34. The van der Waals surface area contributed by atoms with Crippen molar-refractivity contribution in [2.75, 3.05) is 13.2 Å². The number of aliphatic hydroxyl groups is 1. The summed E-state index contributed by atoms with van der Waals surface area (Å²) in [4.78, 5) is 0.0384. The Balaban J connectivity index is 2.36. The maximum atomic E-state index is 12.7. The first-order chi connectivity index (χ1) is 9.46. The molecule has 4 nitrogen and oxygen atoms in total. The maximum absolute atomic E-state index is 12.7. The van der Waals surface area contributed by atoms with Crippen molar-refractivity contribution in [2.45, 2.75) is 36.6 Å². The Morgan fingerprint density at radius 1 is 1.30 bits per heavy atom. The van der Waals surface area contributed by atoms with Crippen LogP contribution in [0.25, 0.3) is 0 Å². The van der Waals surface area contributed by atoms with Crippen LogP contribution in [0.5, 0.6) is 0 Å². The molecule has 1 N–H and O–H groups in total. The third kappa shape index (κ3) is 3.28. The predicted molar refractivity (Wildman–Crippen MR) is 79.7 cm³/mol. The first-order valence-corrected chi connectivity index (χ1v) is 8.74. The van der Waals surface area contributed by atoms with Gasteiger partial charge in [-0.3, -0.25) is 0 Å². The maximum Gasteiger partial charge on any atom is 0.244 e. The van der Waals surface area contributed by atoms with Crippen LogP contribution in [0.15, 0.2) is 23.1 Å². The first kappa shape index (κ1) is 16.0. The largest absolute Gasteiger partial charge is 0.396 e. The Labute approximate surface area is 129 Å². The van der Waals surface area contributed by atoms with Gasteiger partial charge in [0.1, 0.15) is 4.90 Å². The first-order valence-electron chi connectivity index (χ1n) is 6.54. The summed E-state index contributed by atoms with van der Waals surface area (Å²) in [6, 6.07) is 4.43.